The highest BCUT2D eigenvalue weighted by Gasteiger charge is 2.29. The minimum Gasteiger partial charge on any atom is -0.466 e. The van der Waals surface area contributed by atoms with E-state index in [9.17, 15) is 18.0 Å². The zero-order valence-electron chi connectivity index (χ0n) is 8.67. The van der Waals surface area contributed by atoms with E-state index in [1.54, 1.807) is 6.92 Å². The van der Waals surface area contributed by atoms with Gasteiger partial charge in [0.25, 0.3) is 0 Å². The summed E-state index contributed by atoms with van der Waals surface area (Å²) in [7, 11) is 0. The molecule has 0 heterocycles. The predicted octanol–water partition coefficient (Wildman–Crippen LogP) is 2.81. The number of hydrogen-bond acceptors (Lipinski definition) is 2. The molecule has 0 spiro atoms. The highest BCUT2D eigenvalue weighted by Crippen LogP contribution is 2.29. The van der Waals surface area contributed by atoms with Gasteiger partial charge in [-0.3, -0.25) is 4.79 Å². The Bertz CT molecular complexity index is 354. The van der Waals surface area contributed by atoms with Crippen molar-refractivity contribution in [2.24, 2.45) is 0 Å². The summed E-state index contributed by atoms with van der Waals surface area (Å²) >= 11 is 0. The lowest BCUT2D eigenvalue weighted by atomic mass is 10.1. The Morgan fingerprint density at radius 1 is 1.25 bits per heavy atom. The average Bonchev–Trinajstić information content (AvgIpc) is 2.17. The summed E-state index contributed by atoms with van der Waals surface area (Å²) in [6, 6.07) is 4.46. The van der Waals surface area contributed by atoms with Gasteiger partial charge >= 0.3 is 12.1 Å². The highest BCUT2D eigenvalue weighted by atomic mass is 19.4. The van der Waals surface area contributed by atoms with Gasteiger partial charge in [-0.05, 0) is 24.6 Å². The normalized spacial score (nSPS) is 11.2. The predicted molar refractivity (Wildman–Crippen MR) is 51.8 cm³/mol. The molecule has 5 heteroatoms. The molecule has 0 bridgehead atoms. The van der Waals surface area contributed by atoms with Crippen LogP contribution in [0.4, 0.5) is 13.2 Å². The van der Waals surface area contributed by atoms with Crippen molar-refractivity contribution in [3.05, 3.63) is 35.4 Å². The van der Waals surface area contributed by atoms with Crippen LogP contribution in [0.15, 0.2) is 24.3 Å². The van der Waals surface area contributed by atoms with Crippen LogP contribution in [-0.4, -0.2) is 12.6 Å². The summed E-state index contributed by atoms with van der Waals surface area (Å²) in [4.78, 5) is 11.0. The topological polar surface area (TPSA) is 26.3 Å². The Morgan fingerprint density at radius 3 is 2.25 bits per heavy atom. The fourth-order valence-corrected chi connectivity index (χ4v) is 1.19. The minimum atomic E-state index is -4.34. The molecule has 0 aromatic heterocycles. The van der Waals surface area contributed by atoms with Gasteiger partial charge in [-0.2, -0.15) is 13.2 Å². The monoisotopic (exact) mass is 232 g/mol. The van der Waals surface area contributed by atoms with E-state index in [-0.39, 0.29) is 13.0 Å². The maximum atomic E-state index is 12.2. The summed E-state index contributed by atoms with van der Waals surface area (Å²) < 4.78 is 41.3. The van der Waals surface area contributed by atoms with Gasteiger partial charge in [0.1, 0.15) is 0 Å². The van der Waals surface area contributed by atoms with Crippen molar-refractivity contribution >= 4 is 5.97 Å². The summed E-state index contributed by atoms with van der Waals surface area (Å²) in [5.74, 6) is -0.442. The Morgan fingerprint density at radius 2 is 1.81 bits per heavy atom. The van der Waals surface area contributed by atoms with Gasteiger partial charge in [0.05, 0.1) is 18.6 Å². The lowest BCUT2D eigenvalue weighted by Gasteiger charge is -2.07. The molecule has 1 aromatic carbocycles. The zero-order valence-corrected chi connectivity index (χ0v) is 8.67. The maximum absolute atomic E-state index is 12.2. The highest BCUT2D eigenvalue weighted by molar-refractivity contribution is 5.72. The second kappa shape index (κ2) is 5.01. The van der Waals surface area contributed by atoms with E-state index in [0.717, 1.165) is 12.1 Å². The van der Waals surface area contributed by atoms with Crippen molar-refractivity contribution in [3.63, 3.8) is 0 Å². The molecule has 1 aromatic rings. The minimum absolute atomic E-state index is 0.00796. The van der Waals surface area contributed by atoms with Gasteiger partial charge in [0, 0.05) is 0 Å². The van der Waals surface area contributed by atoms with E-state index < -0.39 is 17.7 Å². The van der Waals surface area contributed by atoms with E-state index in [0.29, 0.717) is 5.56 Å². The number of carbonyl (C=O) groups excluding carboxylic acids is 1. The molecule has 0 N–H and O–H groups in total. The van der Waals surface area contributed by atoms with Gasteiger partial charge in [0.15, 0.2) is 0 Å². The first-order valence-corrected chi connectivity index (χ1v) is 4.75. The first kappa shape index (κ1) is 12.5. The molecule has 0 saturated carbocycles. The van der Waals surface area contributed by atoms with Crippen LogP contribution in [0.5, 0.6) is 0 Å². The van der Waals surface area contributed by atoms with Crippen molar-refractivity contribution in [2.75, 3.05) is 6.61 Å². The van der Waals surface area contributed by atoms with Crippen molar-refractivity contribution in [1.82, 2.24) is 0 Å². The Labute approximate surface area is 91.0 Å². The number of alkyl halides is 3. The summed E-state index contributed by atoms with van der Waals surface area (Å²) in [5.41, 5.74) is -0.216. The number of benzene rings is 1. The first-order chi connectivity index (χ1) is 7.43. The van der Waals surface area contributed by atoms with E-state index >= 15 is 0 Å². The standard InChI is InChI=1S/C11H11F3O2/c1-2-16-10(15)7-8-3-5-9(6-4-8)11(12,13)14/h3-6H,2,7H2,1H3. The molecular weight excluding hydrogens is 221 g/mol. The van der Waals surface area contributed by atoms with Gasteiger partial charge < -0.3 is 4.74 Å². The fourth-order valence-electron chi connectivity index (χ4n) is 1.19. The quantitative estimate of drug-likeness (QED) is 0.749. The van der Waals surface area contributed by atoms with Crippen LogP contribution in [0, 0.1) is 0 Å². The third kappa shape index (κ3) is 3.56. The number of ether oxygens (including phenoxy) is 1. The first-order valence-electron chi connectivity index (χ1n) is 4.75. The third-order valence-electron chi connectivity index (χ3n) is 1.94. The lowest BCUT2D eigenvalue weighted by Crippen LogP contribution is -2.08. The van der Waals surface area contributed by atoms with Gasteiger partial charge in [-0.1, -0.05) is 12.1 Å². The van der Waals surface area contributed by atoms with E-state index in [2.05, 4.69) is 4.74 Å². The fraction of sp³-hybridized carbons (Fsp3) is 0.364. The number of hydrogen-bond donors (Lipinski definition) is 0. The van der Waals surface area contributed by atoms with Crippen LogP contribution >= 0.6 is 0 Å². The molecule has 0 aliphatic rings. The molecule has 0 radical (unpaired) electrons. The molecule has 88 valence electrons. The maximum Gasteiger partial charge on any atom is 0.416 e. The molecule has 0 amide bonds. The van der Waals surface area contributed by atoms with E-state index in [4.69, 9.17) is 0 Å². The number of esters is 1. The van der Waals surface area contributed by atoms with Crippen LogP contribution in [0.25, 0.3) is 0 Å². The van der Waals surface area contributed by atoms with Crippen LogP contribution in [-0.2, 0) is 22.1 Å². The van der Waals surface area contributed by atoms with Crippen molar-refractivity contribution in [3.8, 4) is 0 Å². The SMILES string of the molecule is CCOC(=O)Cc1ccc(C(F)(F)F)cc1. The molecule has 1 rings (SSSR count). The summed E-state index contributed by atoms with van der Waals surface area (Å²) in [6.07, 6.45) is -4.35. The van der Waals surface area contributed by atoms with Crippen LogP contribution in [0.1, 0.15) is 18.1 Å². The summed E-state index contributed by atoms with van der Waals surface area (Å²) in [5, 5.41) is 0. The molecule has 16 heavy (non-hydrogen) atoms. The molecule has 0 atom stereocenters. The molecule has 0 aliphatic carbocycles. The van der Waals surface area contributed by atoms with Crippen LogP contribution < -0.4 is 0 Å². The third-order valence-corrected chi connectivity index (χ3v) is 1.94. The van der Waals surface area contributed by atoms with Crippen molar-refractivity contribution in [2.45, 2.75) is 19.5 Å². The zero-order chi connectivity index (χ0) is 12.2. The number of carbonyl (C=O) groups is 1. The second-order valence-electron chi connectivity index (χ2n) is 3.18. The van der Waals surface area contributed by atoms with Crippen molar-refractivity contribution in [1.29, 1.82) is 0 Å². The van der Waals surface area contributed by atoms with Gasteiger partial charge in [-0.25, -0.2) is 0 Å². The Kier molecular flexibility index (Phi) is 3.93. The second-order valence-corrected chi connectivity index (χ2v) is 3.18. The Hall–Kier alpha value is -1.52. The average molecular weight is 232 g/mol. The van der Waals surface area contributed by atoms with E-state index in [1.165, 1.54) is 12.1 Å². The molecule has 0 fully saturated rings. The largest absolute Gasteiger partial charge is 0.466 e. The molecule has 2 nitrogen and oxygen atoms in total. The van der Waals surface area contributed by atoms with Gasteiger partial charge in [0.2, 0.25) is 0 Å². The molecular formula is C11H11F3O2. The number of halogens is 3. The van der Waals surface area contributed by atoms with Gasteiger partial charge in [-0.15, -0.1) is 0 Å². The van der Waals surface area contributed by atoms with E-state index in [1.807, 2.05) is 0 Å². The molecule has 0 unspecified atom stereocenters. The molecule has 0 saturated heterocycles. The smallest absolute Gasteiger partial charge is 0.416 e. The van der Waals surface area contributed by atoms with Crippen LogP contribution in [0.3, 0.4) is 0 Å². The van der Waals surface area contributed by atoms with Crippen molar-refractivity contribution < 1.29 is 22.7 Å². The number of rotatable bonds is 3. The lowest BCUT2D eigenvalue weighted by molar-refractivity contribution is -0.142. The Balaban J connectivity index is 2.69. The molecule has 0 aliphatic heterocycles. The van der Waals surface area contributed by atoms with Crippen LogP contribution in [0.2, 0.25) is 0 Å². The summed E-state index contributed by atoms with van der Waals surface area (Å²) in [6.45, 7) is 1.93.